The minimum absolute atomic E-state index is 0.0997. The number of nitrogens with two attached hydrogens (primary N) is 1. The molecule has 0 fully saturated rings. The fourth-order valence-corrected chi connectivity index (χ4v) is 0.186. The molecule has 0 unspecified atom stereocenters. The summed E-state index contributed by atoms with van der Waals surface area (Å²) in [5, 5.41) is 0. The van der Waals surface area contributed by atoms with E-state index in [-0.39, 0.29) is 5.96 Å². The van der Waals surface area contributed by atoms with Crippen LogP contribution in [0, 0.1) is 0 Å². The van der Waals surface area contributed by atoms with Crippen molar-refractivity contribution in [2.75, 3.05) is 13.7 Å². The van der Waals surface area contributed by atoms with Gasteiger partial charge in [-0.25, -0.2) is 9.38 Å². The lowest BCUT2D eigenvalue weighted by molar-refractivity contribution is 0.588. The topological polar surface area (TPSA) is 50.7 Å². The average molecular weight is 117 g/mol. The number of guanidine groups is 1. The minimum atomic E-state index is -0.601. The van der Waals surface area contributed by atoms with Gasteiger partial charge in [-0.2, -0.15) is 0 Å². The van der Waals surface area contributed by atoms with Gasteiger partial charge in [-0.1, -0.05) is 0 Å². The Hall–Kier alpha value is -0.930. The molecule has 0 bridgehead atoms. The molecular weight excluding hydrogens is 109 g/mol. The lowest BCUT2D eigenvalue weighted by Crippen LogP contribution is -2.07. The first-order chi connectivity index (χ1) is 3.81. The third-order valence-electron chi connectivity index (χ3n) is 0.522. The van der Waals surface area contributed by atoms with Crippen molar-refractivity contribution in [2.45, 2.75) is 0 Å². The van der Waals surface area contributed by atoms with E-state index >= 15 is 0 Å². The Kier molecular flexibility index (Phi) is 3.74. The van der Waals surface area contributed by atoms with Gasteiger partial charge in [0.2, 0.25) is 5.96 Å². The van der Waals surface area contributed by atoms with E-state index in [4.69, 9.17) is 5.73 Å². The molecule has 0 radical (unpaired) electrons. The molecule has 0 aromatic carbocycles. The molecule has 0 aromatic heterocycles. The molecule has 0 spiro atoms. The van der Waals surface area contributed by atoms with Crippen LogP contribution in [0.15, 0.2) is 9.98 Å². The Labute approximate surface area is 47.1 Å². The maximum atomic E-state index is 11.2. The predicted octanol–water partition coefficient (Wildman–Crippen LogP) is -0.0288. The van der Waals surface area contributed by atoms with E-state index in [9.17, 15) is 4.39 Å². The van der Waals surface area contributed by atoms with Crippen LogP contribution in [0.25, 0.3) is 0 Å². The fourth-order valence-electron chi connectivity index (χ4n) is 0.186. The number of hydrogen-bond acceptors (Lipinski definition) is 1. The summed E-state index contributed by atoms with van der Waals surface area (Å²) in [5.74, 6) is 0.0997. The molecule has 0 aliphatic heterocycles. The van der Waals surface area contributed by atoms with Crippen molar-refractivity contribution in [3.63, 3.8) is 0 Å². The van der Waals surface area contributed by atoms with Crippen molar-refractivity contribution in [1.29, 1.82) is 0 Å². The quantitative estimate of drug-likeness (QED) is 0.380. The summed E-state index contributed by atoms with van der Waals surface area (Å²) in [4.78, 5) is 6.84. The van der Waals surface area contributed by atoms with Crippen LogP contribution in [-0.2, 0) is 0 Å². The first kappa shape index (κ1) is 7.07. The van der Waals surface area contributed by atoms with Gasteiger partial charge in [0.1, 0.15) is 6.67 Å². The summed E-state index contributed by atoms with van der Waals surface area (Å²) in [5.41, 5.74) is 5.04. The van der Waals surface area contributed by atoms with E-state index in [1.165, 1.54) is 7.05 Å². The van der Waals surface area contributed by atoms with Gasteiger partial charge < -0.3 is 5.73 Å². The molecule has 0 saturated carbocycles. The molecule has 0 saturated heterocycles. The zero-order chi connectivity index (χ0) is 6.41. The van der Waals surface area contributed by atoms with Gasteiger partial charge >= 0.3 is 0 Å². The molecule has 0 atom stereocenters. The highest BCUT2D eigenvalue weighted by molar-refractivity contribution is 5.86. The smallest absolute Gasteiger partial charge is 0.214 e. The van der Waals surface area contributed by atoms with Crippen molar-refractivity contribution in [3.05, 3.63) is 0 Å². The van der Waals surface area contributed by atoms with Crippen molar-refractivity contribution in [3.8, 4) is 0 Å². The lowest BCUT2D eigenvalue weighted by atomic mass is 10.8. The van der Waals surface area contributed by atoms with E-state index in [1.807, 2.05) is 0 Å². The Morgan fingerprint density at radius 1 is 1.88 bits per heavy atom. The van der Waals surface area contributed by atoms with Crippen LogP contribution < -0.4 is 5.73 Å². The highest BCUT2D eigenvalue weighted by atomic mass is 19.1. The Bertz CT molecular complexity index is 108. The zero-order valence-electron chi connectivity index (χ0n) is 4.63. The number of aliphatic imine (C=N–C) groups is 2. The van der Waals surface area contributed by atoms with E-state index in [0.717, 1.165) is 6.21 Å². The van der Waals surface area contributed by atoms with Crippen LogP contribution >= 0.6 is 0 Å². The van der Waals surface area contributed by atoms with Crippen LogP contribution in [0.4, 0.5) is 4.39 Å². The molecule has 8 heavy (non-hydrogen) atoms. The molecule has 0 aliphatic rings. The molecule has 0 aliphatic carbocycles. The van der Waals surface area contributed by atoms with Crippen LogP contribution in [0.1, 0.15) is 0 Å². The van der Waals surface area contributed by atoms with Crippen molar-refractivity contribution >= 4 is 12.2 Å². The van der Waals surface area contributed by atoms with Crippen LogP contribution in [0.3, 0.4) is 0 Å². The van der Waals surface area contributed by atoms with Gasteiger partial charge in [0.05, 0.1) is 0 Å². The summed E-state index contributed by atoms with van der Waals surface area (Å²) in [6.45, 7) is -0.601. The van der Waals surface area contributed by atoms with Gasteiger partial charge in [0.15, 0.2) is 0 Å². The van der Waals surface area contributed by atoms with Crippen molar-refractivity contribution < 1.29 is 4.39 Å². The highest BCUT2D eigenvalue weighted by Gasteiger charge is 1.76. The first-order valence-corrected chi connectivity index (χ1v) is 2.12. The Balaban J connectivity index is 3.53. The summed E-state index contributed by atoms with van der Waals surface area (Å²) in [6.07, 6.45) is 1.06. The normalized spacial score (nSPS) is 13.0. The van der Waals surface area contributed by atoms with Crippen molar-refractivity contribution in [2.24, 2.45) is 15.7 Å². The molecule has 46 valence electrons. The number of alkyl halides is 1. The third kappa shape index (κ3) is 3.27. The van der Waals surface area contributed by atoms with E-state index in [1.54, 1.807) is 0 Å². The Morgan fingerprint density at radius 3 is 2.88 bits per heavy atom. The zero-order valence-corrected chi connectivity index (χ0v) is 4.63. The van der Waals surface area contributed by atoms with Crippen LogP contribution in [0.5, 0.6) is 0 Å². The Morgan fingerprint density at radius 2 is 2.50 bits per heavy atom. The highest BCUT2D eigenvalue weighted by Crippen LogP contribution is 1.66. The maximum Gasteiger partial charge on any atom is 0.214 e. The number of hydrogen-bond donors (Lipinski definition) is 1. The second-order valence-corrected chi connectivity index (χ2v) is 1.05. The predicted molar refractivity (Wildman–Crippen MR) is 32.0 cm³/mol. The molecule has 4 heteroatoms. The van der Waals surface area contributed by atoms with Crippen molar-refractivity contribution in [1.82, 2.24) is 0 Å². The molecule has 0 aromatic rings. The number of rotatable bonds is 1. The van der Waals surface area contributed by atoms with Crippen LogP contribution in [0.2, 0.25) is 0 Å². The maximum absolute atomic E-state index is 11.2. The number of halogens is 1. The largest absolute Gasteiger partial charge is 0.368 e. The van der Waals surface area contributed by atoms with E-state index < -0.39 is 6.67 Å². The van der Waals surface area contributed by atoms with Gasteiger partial charge in [-0.15, -0.1) is 0 Å². The molecular formula is C4H8FN3. The first-order valence-electron chi connectivity index (χ1n) is 2.12. The van der Waals surface area contributed by atoms with Crippen LogP contribution in [-0.4, -0.2) is 25.9 Å². The van der Waals surface area contributed by atoms with Gasteiger partial charge in [-0.3, -0.25) is 4.99 Å². The molecule has 2 N–H and O–H groups in total. The fraction of sp³-hybridized carbons (Fsp3) is 0.500. The summed E-state index contributed by atoms with van der Waals surface area (Å²) < 4.78 is 11.2. The second-order valence-electron chi connectivity index (χ2n) is 1.05. The van der Waals surface area contributed by atoms with Gasteiger partial charge in [-0.05, 0) is 0 Å². The standard InChI is InChI=1S/C4H8FN3/c1-7-4(6)8-3-2-5/h3H,2H2,1H3,(H2,6,7)/b8-3-. The summed E-state index contributed by atoms with van der Waals surface area (Å²) >= 11 is 0. The third-order valence-corrected chi connectivity index (χ3v) is 0.522. The summed E-state index contributed by atoms with van der Waals surface area (Å²) in [6, 6.07) is 0. The average Bonchev–Trinajstić information content (AvgIpc) is 1.83. The van der Waals surface area contributed by atoms with Gasteiger partial charge in [0, 0.05) is 13.3 Å². The molecule has 0 rings (SSSR count). The van der Waals surface area contributed by atoms with E-state index in [0.29, 0.717) is 0 Å². The van der Waals surface area contributed by atoms with Gasteiger partial charge in [0.25, 0.3) is 0 Å². The second kappa shape index (κ2) is 4.23. The minimum Gasteiger partial charge on any atom is -0.368 e. The summed E-state index contributed by atoms with van der Waals surface area (Å²) in [7, 11) is 1.49. The number of nitrogens with zero attached hydrogens (tertiary/aromatic N) is 2. The monoisotopic (exact) mass is 117 g/mol. The molecule has 3 nitrogen and oxygen atoms in total. The molecule has 0 amide bonds. The van der Waals surface area contributed by atoms with E-state index in [2.05, 4.69) is 9.98 Å². The molecule has 0 heterocycles. The SMILES string of the molecule is C/N=C(N)\N=C/CF. The lowest BCUT2D eigenvalue weighted by Gasteiger charge is -1.82.